The van der Waals surface area contributed by atoms with Crippen molar-refractivity contribution in [3.05, 3.63) is 140 Å². The molecule has 0 spiro atoms. The van der Waals surface area contributed by atoms with Gasteiger partial charge in [0.2, 0.25) is 29.7 Å². The number of hydrogen-bond donors (Lipinski definition) is 4. The molecule has 4 fully saturated rings. The number of ketones is 3. The van der Waals surface area contributed by atoms with Gasteiger partial charge in [0.1, 0.15) is 70.9 Å². The molecule has 37 nitrogen and oxygen atoms in total. The first-order valence-electron chi connectivity index (χ1n) is 45.8. The molecule has 4 unspecified atom stereocenters. The van der Waals surface area contributed by atoms with E-state index in [-0.39, 0.29) is 85.5 Å². The summed E-state index contributed by atoms with van der Waals surface area (Å²) in [6, 6.07) is 22.9. The SMILES string of the molecule is CCCCN1CCN(c2ncc(Cl)c(Nc3ccc4c(c3)CC(OCC(C)=O)C(=O)N4C)n2)CC1.CCN1CCN(c2ncc(Cl)c(Nc3ccc4c(c3)CC(OCC(C)=O)C(=O)N4C)n2)CC1.COC1CCN(c2ncc(Cl)c(Nc3ccc4c(c3)CC(OCC(=O)N(C)C)C(=O)N4C)n2)CC1.COC1CCN(c2ncc(Cl)c(Nc3ccc4c(c3)CC(OCC(C)=O)C(=O)N4C)n2)CC1. The molecule has 0 aliphatic carbocycles. The van der Waals surface area contributed by atoms with Gasteiger partial charge in [0, 0.05) is 206 Å². The highest BCUT2D eigenvalue weighted by Gasteiger charge is 2.38. The quantitative estimate of drug-likeness (QED) is 0.0325. The third-order valence-corrected chi connectivity index (χ3v) is 26.0. The number of likely N-dealkylation sites (N-methyl/N-ethyl adjacent to an activating group) is 6. The van der Waals surface area contributed by atoms with E-state index in [2.05, 4.69) is 99.4 Å². The van der Waals surface area contributed by atoms with Crippen LogP contribution >= 0.6 is 46.4 Å². The van der Waals surface area contributed by atoms with E-state index in [0.29, 0.717) is 92.8 Å². The number of carbonyl (C=O) groups excluding carboxylic acids is 8. The fourth-order valence-electron chi connectivity index (χ4n) is 16.9. The Hall–Kier alpha value is -11.2. The topological polar surface area (TPSA) is 379 Å². The van der Waals surface area contributed by atoms with Gasteiger partial charge < -0.3 is 98.7 Å². The lowest BCUT2D eigenvalue weighted by Gasteiger charge is -2.34. The van der Waals surface area contributed by atoms with E-state index >= 15 is 0 Å². The minimum Gasteiger partial charge on any atom is -0.381 e. The van der Waals surface area contributed by atoms with Crippen LogP contribution < -0.4 is 60.5 Å². The van der Waals surface area contributed by atoms with Gasteiger partial charge in [-0.3, -0.25) is 43.3 Å². The number of unbranched alkanes of at least 4 members (excludes halogenated alkanes) is 1. The Balaban J connectivity index is 0.000000153. The normalized spacial score (nSPS) is 18.7. The Labute approximate surface area is 812 Å². The van der Waals surface area contributed by atoms with Crippen molar-refractivity contribution in [2.75, 3.05) is 235 Å². The van der Waals surface area contributed by atoms with Crippen molar-refractivity contribution in [2.24, 2.45) is 0 Å². The summed E-state index contributed by atoms with van der Waals surface area (Å²) in [5.74, 6) is 3.46. The monoisotopic (exact) mass is 1950 g/mol. The molecule has 4 saturated heterocycles. The van der Waals surface area contributed by atoms with Crippen LogP contribution in [0.25, 0.3) is 0 Å². The number of amides is 5. The maximum Gasteiger partial charge on any atom is 0.256 e. The number of fused-ring (bicyclic) bond motifs is 4. The maximum atomic E-state index is 12.7. The Morgan fingerprint density at radius 3 is 0.904 bits per heavy atom. The number of methoxy groups -OCH3 is 2. The molecule has 136 heavy (non-hydrogen) atoms. The fourth-order valence-corrected chi connectivity index (χ4v) is 17.5. The van der Waals surface area contributed by atoms with E-state index in [1.54, 1.807) is 101 Å². The van der Waals surface area contributed by atoms with Gasteiger partial charge in [0.25, 0.3) is 23.6 Å². The number of hydrogen-bond acceptors (Lipinski definition) is 32. The number of piperidine rings is 2. The molecule has 728 valence electrons. The van der Waals surface area contributed by atoms with Gasteiger partial charge in [-0.15, -0.1) is 0 Å². The Morgan fingerprint density at radius 2 is 0.654 bits per heavy atom. The average molecular weight is 1950 g/mol. The molecule has 0 saturated carbocycles. The summed E-state index contributed by atoms with van der Waals surface area (Å²) in [6.07, 6.45) is 11.9. The Morgan fingerprint density at radius 1 is 0.390 bits per heavy atom. The second-order valence-corrected chi connectivity index (χ2v) is 36.4. The van der Waals surface area contributed by atoms with E-state index in [1.165, 1.54) is 38.5 Å². The number of ether oxygens (including phenoxy) is 6. The minimum atomic E-state index is -0.726. The van der Waals surface area contributed by atoms with E-state index in [9.17, 15) is 38.4 Å². The summed E-state index contributed by atoms with van der Waals surface area (Å²) in [6.45, 7) is 21.2. The number of nitrogens with zero attached hydrogens (tertiary/aromatic N) is 19. The van der Waals surface area contributed by atoms with Crippen LogP contribution in [0.1, 0.15) is 95.4 Å². The van der Waals surface area contributed by atoms with Crippen molar-refractivity contribution >= 4 is 186 Å². The van der Waals surface area contributed by atoms with Crippen LogP contribution in [0.4, 0.5) is 92.6 Å². The highest BCUT2D eigenvalue weighted by atomic mass is 35.5. The predicted molar refractivity (Wildman–Crippen MR) is 528 cm³/mol. The zero-order chi connectivity index (χ0) is 97.1. The number of benzene rings is 4. The number of halogens is 4. The first-order valence-corrected chi connectivity index (χ1v) is 47.3. The van der Waals surface area contributed by atoms with Crippen LogP contribution in [-0.2, 0) is 92.5 Å². The van der Waals surface area contributed by atoms with Gasteiger partial charge >= 0.3 is 0 Å². The number of piperazine rings is 2. The summed E-state index contributed by atoms with van der Waals surface area (Å²) >= 11 is 25.6. The minimum absolute atomic E-state index is 0.0797. The van der Waals surface area contributed by atoms with Crippen LogP contribution in [-0.4, -0.2) is 313 Å². The smallest absolute Gasteiger partial charge is 0.256 e. The van der Waals surface area contributed by atoms with Gasteiger partial charge in [-0.1, -0.05) is 66.7 Å². The van der Waals surface area contributed by atoms with Crippen LogP contribution in [0.5, 0.6) is 0 Å². The summed E-state index contributed by atoms with van der Waals surface area (Å²) in [5, 5.41) is 14.9. The van der Waals surface area contributed by atoms with Crippen molar-refractivity contribution in [3.63, 3.8) is 0 Å². The average Bonchev–Trinajstić information content (AvgIpc) is 0.792. The van der Waals surface area contributed by atoms with E-state index < -0.39 is 24.4 Å². The van der Waals surface area contributed by atoms with Gasteiger partial charge in [-0.05, 0) is 161 Å². The molecular weight excluding hydrogens is 1830 g/mol. The van der Waals surface area contributed by atoms with Crippen molar-refractivity contribution in [2.45, 2.75) is 135 Å². The highest BCUT2D eigenvalue weighted by molar-refractivity contribution is 6.34. The Kier molecular flexibility index (Phi) is 35.9. The standard InChI is InChI=1S/C25H33ClN6O3.C24H31ClN6O4.C23H29ClN6O3.C23H28ClN5O4/c1-4-5-8-31-9-11-32(12-10-31)25-27-15-20(26)23(29-25)28-19-6-7-21-18(13-19)14-22(24(34)30(21)3)35-16-17(2)33;1-29(2)21(32)14-35-20-12-15-11-16(5-6-19(15)30(3)23(20)33)27-22-18(25)13-26-24(28-22)31-9-7-17(34-4)8-10-31;1-4-29-7-9-30(10-8-29)23-25-13-18(24)21(27-23)26-17-5-6-19-16(11-17)12-20(22(32)28(19)3)33-14-15(2)31;1-14(30)13-33-20-11-15-10-16(4-5-19(15)28(2)22(20)31)26-21-18(24)12-25-23(27-21)29-8-6-17(32-3)7-9-29/h6-7,13,15,22H,4-5,8-12,14,16H2,1-3H3,(H,27,28,29);5-6,11,13,17,20H,7-10,12,14H2,1-4H3,(H,26,27,28);5-6,11,13,20H,4,7-10,12,14H2,1-3H3,(H,25,26,27);4-5,10,12,17,20H,6-9,11,13H2,1-3H3,(H,25,26,27). The molecular formula is C95H121Cl4N23O14. The summed E-state index contributed by atoms with van der Waals surface area (Å²) in [4.78, 5) is 154. The molecule has 4 N–H and O–H groups in total. The van der Waals surface area contributed by atoms with E-state index in [4.69, 9.17) is 79.8 Å². The van der Waals surface area contributed by atoms with Gasteiger partial charge in [-0.2, -0.15) is 19.9 Å². The third kappa shape index (κ3) is 26.4. The highest BCUT2D eigenvalue weighted by Crippen LogP contribution is 2.40. The molecule has 16 rings (SSSR count). The molecule has 0 radical (unpaired) electrons. The first-order chi connectivity index (χ1) is 65.3. The molecule has 8 aliphatic rings. The van der Waals surface area contributed by atoms with E-state index in [0.717, 1.165) is 185 Å². The fraction of sp³-hybridized carbons (Fsp3) is 0.495. The second kappa shape index (κ2) is 47.7. The van der Waals surface area contributed by atoms with Crippen LogP contribution in [0.3, 0.4) is 0 Å². The van der Waals surface area contributed by atoms with Crippen LogP contribution in [0.2, 0.25) is 20.1 Å². The van der Waals surface area contributed by atoms with Crippen LogP contribution in [0.15, 0.2) is 97.6 Å². The lowest BCUT2D eigenvalue weighted by Crippen LogP contribution is -2.47. The number of nitrogens with one attached hydrogen (secondary N) is 4. The number of anilines is 16. The zero-order valence-corrected chi connectivity index (χ0v) is 82.2. The zero-order valence-electron chi connectivity index (χ0n) is 79.2. The molecule has 41 heteroatoms. The summed E-state index contributed by atoms with van der Waals surface area (Å²) in [7, 11) is 13.6. The summed E-state index contributed by atoms with van der Waals surface area (Å²) in [5.41, 5.74) is 10.1. The number of aromatic nitrogens is 8. The second-order valence-electron chi connectivity index (χ2n) is 34.8. The van der Waals surface area contributed by atoms with Gasteiger partial charge in [-0.25, -0.2) is 19.9 Å². The van der Waals surface area contributed by atoms with Crippen molar-refractivity contribution in [1.82, 2.24) is 54.6 Å². The van der Waals surface area contributed by atoms with Crippen LogP contribution in [0, 0.1) is 0 Å². The van der Waals surface area contributed by atoms with Gasteiger partial charge in [0.05, 0.1) is 37.0 Å². The molecule has 5 amide bonds. The lowest BCUT2D eigenvalue weighted by atomic mass is 9.98. The molecule has 12 heterocycles. The molecule has 4 aromatic heterocycles. The van der Waals surface area contributed by atoms with Gasteiger partial charge in [0.15, 0.2) is 40.6 Å². The molecule has 8 aromatic rings. The Bertz CT molecular complexity index is 5420. The number of Topliss-reactive ketones (excluding diaryl/α,β-unsaturated/α-hetero) is 3. The van der Waals surface area contributed by atoms with E-state index in [1.807, 2.05) is 72.8 Å². The lowest BCUT2D eigenvalue weighted by molar-refractivity contribution is -0.141. The number of rotatable bonds is 30. The third-order valence-electron chi connectivity index (χ3n) is 24.9. The molecule has 0 bridgehead atoms. The summed E-state index contributed by atoms with van der Waals surface area (Å²) < 4.78 is 33.2. The largest absolute Gasteiger partial charge is 0.381 e. The molecule has 4 aromatic carbocycles. The first kappa shape index (κ1) is 102. The predicted octanol–water partition coefficient (Wildman–Crippen LogP) is 11.3. The van der Waals surface area contributed by atoms with Crippen molar-refractivity contribution < 1.29 is 66.8 Å². The number of carbonyl (C=O) groups is 8. The maximum absolute atomic E-state index is 12.7. The van der Waals surface area contributed by atoms with Crippen molar-refractivity contribution in [1.29, 1.82) is 0 Å². The molecule has 8 aliphatic heterocycles. The van der Waals surface area contributed by atoms with Crippen molar-refractivity contribution in [3.8, 4) is 0 Å². The molecule has 4 atom stereocenters.